The molecule has 0 radical (unpaired) electrons. The fourth-order valence-corrected chi connectivity index (χ4v) is 2.23. The van der Waals surface area contributed by atoms with Gasteiger partial charge >= 0.3 is 6.61 Å². The Hall–Kier alpha value is -3.40. The van der Waals surface area contributed by atoms with Crippen molar-refractivity contribution in [2.45, 2.75) is 6.61 Å². The molecule has 0 spiro atoms. The molecule has 0 heterocycles. The zero-order chi connectivity index (χ0) is 21.4. The van der Waals surface area contributed by atoms with Crippen LogP contribution < -0.4 is 25.6 Å². The van der Waals surface area contributed by atoms with Crippen molar-refractivity contribution >= 4 is 29.3 Å². The minimum absolute atomic E-state index is 0.0569. The molecule has 29 heavy (non-hydrogen) atoms. The summed E-state index contributed by atoms with van der Waals surface area (Å²) in [6.07, 6.45) is 0. The van der Waals surface area contributed by atoms with E-state index >= 15 is 0 Å². The largest absolute Gasteiger partial charge is 0.493 e. The van der Waals surface area contributed by atoms with Gasteiger partial charge in [-0.15, -0.1) is 0 Å². The van der Waals surface area contributed by atoms with E-state index in [1.165, 1.54) is 43.5 Å². The lowest BCUT2D eigenvalue weighted by Gasteiger charge is -2.12. The molecule has 2 aromatic carbocycles. The van der Waals surface area contributed by atoms with E-state index in [0.717, 1.165) is 6.07 Å². The number of carbonyl (C=O) groups excluding carboxylic acids is 3. The maximum absolute atomic E-state index is 12.3. The molecule has 0 aromatic heterocycles. The van der Waals surface area contributed by atoms with Crippen LogP contribution in [0.15, 0.2) is 42.5 Å². The zero-order valence-corrected chi connectivity index (χ0v) is 15.8. The van der Waals surface area contributed by atoms with Crippen molar-refractivity contribution in [2.24, 2.45) is 0 Å². The van der Waals surface area contributed by atoms with Crippen LogP contribution in [-0.4, -0.2) is 38.0 Å². The summed E-state index contributed by atoms with van der Waals surface area (Å²) >= 11 is 5.73. The maximum atomic E-state index is 12.3. The zero-order valence-electron chi connectivity index (χ0n) is 15.0. The highest BCUT2D eigenvalue weighted by Crippen LogP contribution is 2.29. The number of hydrazine groups is 1. The van der Waals surface area contributed by atoms with Gasteiger partial charge in [-0.05, 0) is 42.5 Å². The van der Waals surface area contributed by atoms with Gasteiger partial charge < -0.3 is 14.8 Å². The molecular weight excluding hydrogens is 412 g/mol. The minimum Gasteiger partial charge on any atom is -0.493 e. The van der Waals surface area contributed by atoms with Gasteiger partial charge in [-0.25, -0.2) is 0 Å². The van der Waals surface area contributed by atoms with E-state index < -0.39 is 30.9 Å². The molecule has 0 fully saturated rings. The second kappa shape index (κ2) is 10.2. The molecule has 0 saturated carbocycles. The molecule has 2 aromatic rings. The van der Waals surface area contributed by atoms with E-state index in [1.54, 1.807) is 0 Å². The Labute approximate surface area is 169 Å². The van der Waals surface area contributed by atoms with Crippen molar-refractivity contribution in [3.05, 3.63) is 58.6 Å². The third-order valence-electron chi connectivity index (χ3n) is 3.47. The summed E-state index contributed by atoms with van der Waals surface area (Å²) in [6.45, 7) is -3.49. The number of ether oxygens (including phenoxy) is 2. The van der Waals surface area contributed by atoms with Crippen molar-refractivity contribution in [1.82, 2.24) is 16.2 Å². The molecule has 8 nitrogen and oxygen atoms in total. The monoisotopic (exact) mass is 427 g/mol. The Bertz CT molecular complexity index is 894. The van der Waals surface area contributed by atoms with E-state index in [9.17, 15) is 23.2 Å². The number of amides is 3. The smallest absolute Gasteiger partial charge is 0.387 e. The molecule has 0 saturated heterocycles. The topological polar surface area (TPSA) is 106 Å². The Kier molecular flexibility index (Phi) is 7.72. The molecule has 3 amide bonds. The van der Waals surface area contributed by atoms with Crippen molar-refractivity contribution in [1.29, 1.82) is 0 Å². The molecule has 11 heteroatoms. The fraction of sp³-hybridized carbons (Fsp3) is 0.167. The lowest BCUT2D eigenvalue weighted by atomic mass is 10.2. The lowest BCUT2D eigenvalue weighted by Crippen LogP contribution is -2.46. The quantitative estimate of drug-likeness (QED) is 0.587. The van der Waals surface area contributed by atoms with Crippen molar-refractivity contribution < 1.29 is 32.6 Å². The first-order chi connectivity index (χ1) is 13.8. The molecule has 0 unspecified atom stereocenters. The number of methoxy groups -OCH3 is 1. The van der Waals surface area contributed by atoms with Crippen LogP contribution in [0.2, 0.25) is 5.02 Å². The summed E-state index contributed by atoms with van der Waals surface area (Å²) in [4.78, 5) is 35.7. The summed E-state index contributed by atoms with van der Waals surface area (Å²) in [5.74, 6) is -2.23. The Morgan fingerprint density at radius 1 is 0.966 bits per heavy atom. The van der Waals surface area contributed by atoms with Crippen LogP contribution in [-0.2, 0) is 4.79 Å². The highest BCUT2D eigenvalue weighted by molar-refractivity contribution is 6.30. The van der Waals surface area contributed by atoms with Crippen LogP contribution in [0.5, 0.6) is 11.5 Å². The van der Waals surface area contributed by atoms with Crippen LogP contribution in [0.1, 0.15) is 20.7 Å². The number of hydrogen-bond donors (Lipinski definition) is 3. The normalized spacial score (nSPS) is 10.2. The molecule has 0 aliphatic rings. The number of carbonyl (C=O) groups is 3. The molecule has 0 aliphatic carbocycles. The summed E-state index contributed by atoms with van der Waals surface area (Å²) in [7, 11) is 1.23. The van der Waals surface area contributed by atoms with Gasteiger partial charge in [0.1, 0.15) is 0 Å². The fourth-order valence-electron chi connectivity index (χ4n) is 2.11. The van der Waals surface area contributed by atoms with Crippen LogP contribution >= 0.6 is 11.6 Å². The van der Waals surface area contributed by atoms with Crippen molar-refractivity contribution in [3.8, 4) is 11.5 Å². The second-order valence-corrected chi connectivity index (χ2v) is 5.87. The van der Waals surface area contributed by atoms with E-state index in [0.29, 0.717) is 5.02 Å². The van der Waals surface area contributed by atoms with Gasteiger partial charge in [-0.2, -0.15) is 8.78 Å². The lowest BCUT2D eigenvalue weighted by molar-refractivity contribution is -0.120. The van der Waals surface area contributed by atoms with Crippen molar-refractivity contribution in [3.63, 3.8) is 0 Å². The average Bonchev–Trinajstić information content (AvgIpc) is 2.70. The Morgan fingerprint density at radius 3 is 2.24 bits per heavy atom. The van der Waals surface area contributed by atoms with Gasteiger partial charge in [0.25, 0.3) is 17.7 Å². The summed E-state index contributed by atoms with van der Waals surface area (Å²) in [6, 6.07) is 9.55. The first kappa shape index (κ1) is 21.9. The van der Waals surface area contributed by atoms with Crippen LogP contribution in [0.4, 0.5) is 8.78 Å². The standard InChI is InChI=1S/C18H16ClF2N3O5/c1-28-14-8-11(4-7-13(14)29-18(20)21)16(26)22-9-15(25)23-24-17(27)10-2-5-12(19)6-3-10/h2-8,18H,9H2,1H3,(H,22,26)(H,23,25)(H,24,27). The third-order valence-corrected chi connectivity index (χ3v) is 3.73. The van der Waals surface area contributed by atoms with Gasteiger partial charge in [0.05, 0.1) is 13.7 Å². The summed E-state index contributed by atoms with van der Waals surface area (Å²) in [5, 5.41) is 2.77. The maximum Gasteiger partial charge on any atom is 0.387 e. The van der Waals surface area contributed by atoms with Crippen LogP contribution in [0.3, 0.4) is 0 Å². The molecule has 3 N–H and O–H groups in total. The number of halogens is 3. The van der Waals surface area contributed by atoms with Gasteiger partial charge in [0.2, 0.25) is 0 Å². The number of nitrogens with one attached hydrogen (secondary N) is 3. The van der Waals surface area contributed by atoms with E-state index in [-0.39, 0.29) is 22.6 Å². The Balaban J connectivity index is 1.85. The number of alkyl halides is 2. The van der Waals surface area contributed by atoms with E-state index in [2.05, 4.69) is 20.9 Å². The second-order valence-electron chi connectivity index (χ2n) is 5.44. The average molecular weight is 428 g/mol. The molecule has 154 valence electrons. The molecule has 0 atom stereocenters. The number of benzene rings is 2. The molecule has 0 aliphatic heterocycles. The Morgan fingerprint density at radius 2 is 1.62 bits per heavy atom. The molecular formula is C18H16ClF2N3O5. The SMILES string of the molecule is COc1cc(C(=O)NCC(=O)NNC(=O)c2ccc(Cl)cc2)ccc1OC(F)F. The first-order valence-electron chi connectivity index (χ1n) is 8.06. The van der Waals surface area contributed by atoms with E-state index in [1.807, 2.05) is 0 Å². The first-order valence-corrected chi connectivity index (χ1v) is 8.43. The van der Waals surface area contributed by atoms with Gasteiger partial charge in [0.15, 0.2) is 11.5 Å². The highest BCUT2D eigenvalue weighted by atomic mass is 35.5. The number of rotatable bonds is 7. The number of hydrogen-bond acceptors (Lipinski definition) is 5. The van der Waals surface area contributed by atoms with E-state index in [4.69, 9.17) is 16.3 Å². The minimum atomic E-state index is -3.05. The van der Waals surface area contributed by atoms with Crippen LogP contribution in [0, 0.1) is 0 Å². The van der Waals surface area contributed by atoms with Crippen molar-refractivity contribution in [2.75, 3.05) is 13.7 Å². The van der Waals surface area contributed by atoms with Crippen LogP contribution in [0.25, 0.3) is 0 Å². The third kappa shape index (κ3) is 6.61. The summed E-state index contributed by atoms with van der Waals surface area (Å²) in [5.41, 5.74) is 4.66. The highest BCUT2D eigenvalue weighted by Gasteiger charge is 2.15. The van der Waals surface area contributed by atoms with Gasteiger partial charge in [0, 0.05) is 16.1 Å². The molecule has 0 bridgehead atoms. The van der Waals surface area contributed by atoms with Gasteiger partial charge in [-0.1, -0.05) is 11.6 Å². The predicted molar refractivity (Wildman–Crippen MR) is 99.0 cm³/mol. The summed E-state index contributed by atoms with van der Waals surface area (Å²) < 4.78 is 33.8. The molecule has 2 rings (SSSR count). The predicted octanol–water partition coefficient (Wildman–Crippen LogP) is 2.14. The van der Waals surface area contributed by atoms with Gasteiger partial charge in [-0.3, -0.25) is 25.2 Å².